The molecular formula is C9H11Cl2N. The van der Waals surface area contributed by atoms with E-state index < -0.39 is 0 Å². The van der Waals surface area contributed by atoms with Crippen molar-refractivity contribution in [2.24, 2.45) is 0 Å². The van der Waals surface area contributed by atoms with E-state index in [0.29, 0.717) is 10.0 Å². The van der Waals surface area contributed by atoms with E-state index in [1.807, 2.05) is 32.2 Å². The van der Waals surface area contributed by atoms with Gasteiger partial charge in [0.05, 0.1) is 0 Å². The zero-order chi connectivity index (χ0) is 9.14. The van der Waals surface area contributed by atoms with Crippen LogP contribution in [0.25, 0.3) is 0 Å². The minimum Gasteiger partial charge on any atom is -0.313 e. The van der Waals surface area contributed by atoms with Crippen LogP contribution in [0.3, 0.4) is 0 Å². The summed E-state index contributed by atoms with van der Waals surface area (Å²) in [6.45, 7) is 2.02. The Labute approximate surface area is 82.7 Å². The molecule has 66 valence electrons. The zero-order valence-electron chi connectivity index (χ0n) is 7.07. The average molecular weight is 204 g/mol. The second kappa shape index (κ2) is 4.13. The SMILES string of the molecule is CNC(C)c1c(Cl)cccc1Cl. The molecule has 0 radical (unpaired) electrons. The van der Waals surface area contributed by atoms with Gasteiger partial charge in [-0.05, 0) is 26.1 Å². The third-order valence-corrected chi connectivity index (χ3v) is 2.52. The van der Waals surface area contributed by atoms with Crippen molar-refractivity contribution in [2.45, 2.75) is 13.0 Å². The van der Waals surface area contributed by atoms with Gasteiger partial charge < -0.3 is 5.32 Å². The summed E-state index contributed by atoms with van der Waals surface area (Å²) in [4.78, 5) is 0. The molecule has 0 aliphatic heterocycles. The van der Waals surface area contributed by atoms with Crippen molar-refractivity contribution < 1.29 is 0 Å². The smallest absolute Gasteiger partial charge is 0.0468 e. The maximum absolute atomic E-state index is 5.98. The topological polar surface area (TPSA) is 12.0 Å². The summed E-state index contributed by atoms with van der Waals surface area (Å²) in [6, 6.07) is 5.72. The highest BCUT2D eigenvalue weighted by Crippen LogP contribution is 2.29. The van der Waals surface area contributed by atoms with Gasteiger partial charge >= 0.3 is 0 Å². The van der Waals surface area contributed by atoms with Crippen LogP contribution in [-0.4, -0.2) is 7.05 Å². The van der Waals surface area contributed by atoms with E-state index in [4.69, 9.17) is 23.2 Å². The van der Waals surface area contributed by atoms with Gasteiger partial charge in [0.1, 0.15) is 0 Å². The molecule has 1 aromatic rings. The molecule has 1 rings (SSSR count). The summed E-state index contributed by atoms with van der Waals surface area (Å²) in [5.41, 5.74) is 0.961. The lowest BCUT2D eigenvalue weighted by Crippen LogP contribution is -2.13. The van der Waals surface area contributed by atoms with Gasteiger partial charge in [-0.3, -0.25) is 0 Å². The number of hydrogen-bond donors (Lipinski definition) is 1. The van der Waals surface area contributed by atoms with Crippen LogP contribution in [0.5, 0.6) is 0 Å². The Bertz CT molecular complexity index is 253. The molecule has 0 fully saturated rings. The highest BCUT2D eigenvalue weighted by molar-refractivity contribution is 6.36. The molecule has 3 heteroatoms. The van der Waals surface area contributed by atoms with E-state index in [-0.39, 0.29) is 6.04 Å². The molecule has 0 bridgehead atoms. The molecule has 1 aromatic carbocycles. The van der Waals surface area contributed by atoms with Gasteiger partial charge in [0, 0.05) is 21.7 Å². The Hall–Kier alpha value is -0.240. The molecule has 0 saturated carbocycles. The van der Waals surface area contributed by atoms with Gasteiger partial charge in [0.15, 0.2) is 0 Å². The summed E-state index contributed by atoms with van der Waals surface area (Å²) in [5.74, 6) is 0. The third kappa shape index (κ3) is 1.92. The van der Waals surface area contributed by atoms with Crippen LogP contribution in [0, 0.1) is 0 Å². The Morgan fingerprint density at radius 3 is 2.17 bits per heavy atom. The van der Waals surface area contributed by atoms with E-state index in [1.54, 1.807) is 0 Å². The van der Waals surface area contributed by atoms with Crippen molar-refractivity contribution >= 4 is 23.2 Å². The van der Waals surface area contributed by atoms with Gasteiger partial charge in [-0.2, -0.15) is 0 Å². The van der Waals surface area contributed by atoms with Crippen molar-refractivity contribution in [1.82, 2.24) is 5.32 Å². The van der Waals surface area contributed by atoms with E-state index in [0.717, 1.165) is 5.56 Å². The molecule has 0 amide bonds. The first kappa shape index (κ1) is 9.85. The summed E-state index contributed by atoms with van der Waals surface area (Å²) >= 11 is 12.0. The predicted molar refractivity (Wildman–Crippen MR) is 53.9 cm³/mol. The van der Waals surface area contributed by atoms with Crippen molar-refractivity contribution in [3.05, 3.63) is 33.8 Å². The fourth-order valence-electron chi connectivity index (χ4n) is 1.07. The van der Waals surface area contributed by atoms with E-state index in [9.17, 15) is 0 Å². The molecule has 12 heavy (non-hydrogen) atoms. The molecule has 1 unspecified atom stereocenters. The number of benzene rings is 1. The van der Waals surface area contributed by atoms with Crippen molar-refractivity contribution in [3.63, 3.8) is 0 Å². The lowest BCUT2D eigenvalue weighted by Gasteiger charge is -2.13. The quantitative estimate of drug-likeness (QED) is 0.779. The average Bonchev–Trinajstić information content (AvgIpc) is 2.03. The van der Waals surface area contributed by atoms with Crippen LogP contribution in [-0.2, 0) is 0 Å². The maximum Gasteiger partial charge on any atom is 0.0468 e. The summed E-state index contributed by atoms with van der Waals surface area (Å²) < 4.78 is 0. The fraction of sp³-hybridized carbons (Fsp3) is 0.333. The van der Waals surface area contributed by atoms with E-state index in [2.05, 4.69) is 5.32 Å². The van der Waals surface area contributed by atoms with Gasteiger partial charge in [-0.1, -0.05) is 29.3 Å². The molecule has 0 saturated heterocycles. The number of rotatable bonds is 2. The molecule has 1 N–H and O–H groups in total. The van der Waals surface area contributed by atoms with Crippen molar-refractivity contribution in [2.75, 3.05) is 7.05 Å². The Kier molecular flexibility index (Phi) is 3.39. The highest BCUT2D eigenvalue weighted by Gasteiger charge is 2.10. The first-order chi connectivity index (χ1) is 5.66. The first-order valence-corrected chi connectivity index (χ1v) is 4.53. The highest BCUT2D eigenvalue weighted by atomic mass is 35.5. The molecule has 1 atom stereocenters. The second-order valence-corrected chi connectivity index (χ2v) is 3.46. The van der Waals surface area contributed by atoms with Crippen LogP contribution >= 0.6 is 23.2 Å². The molecule has 0 aliphatic rings. The molecule has 1 nitrogen and oxygen atoms in total. The molecule has 0 spiro atoms. The Morgan fingerprint density at radius 1 is 1.25 bits per heavy atom. The lowest BCUT2D eigenvalue weighted by atomic mass is 10.1. The van der Waals surface area contributed by atoms with Gasteiger partial charge in [0.25, 0.3) is 0 Å². The number of halogens is 2. The van der Waals surface area contributed by atoms with Crippen molar-refractivity contribution in [3.8, 4) is 0 Å². The van der Waals surface area contributed by atoms with Crippen LogP contribution in [0.4, 0.5) is 0 Å². The maximum atomic E-state index is 5.98. The molecular weight excluding hydrogens is 193 g/mol. The van der Waals surface area contributed by atoms with Crippen LogP contribution in [0.2, 0.25) is 10.0 Å². The second-order valence-electron chi connectivity index (χ2n) is 2.65. The summed E-state index contributed by atoms with van der Waals surface area (Å²) in [5, 5.41) is 4.52. The fourth-order valence-corrected chi connectivity index (χ4v) is 1.79. The van der Waals surface area contributed by atoms with E-state index in [1.165, 1.54) is 0 Å². The minimum atomic E-state index is 0.186. The minimum absolute atomic E-state index is 0.186. The molecule has 0 aliphatic carbocycles. The summed E-state index contributed by atoms with van der Waals surface area (Å²) in [7, 11) is 1.88. The van der Waals surface area contributed by atoms with E-state index >= 15 is 0 Å². The molecule has 0 heterocycles. The zero-order valence-corrected chi connectivity index (χ0v) is 8.58. The Balaban J connectivity index is 3.12. The number of nitrogens with one attached hydrogen (secondary N) is 1. The monoisotopic (exact) mass is 203 g/mol. The summed E-state index contributed by atoms with van der Waals surface area (Å²) in [6.07, 6.45) is 0. The van der Waals surface area contributed by atoms with Crippen molar-refractivity contribution in [1.29, 1.82) is 0 Å². The molecule has 0 aromatic heterocycles. The normalized spacial score (nSPS) is 13.0. The third-order valence-electron chi connectivity index (χ3n) is 1.87. The number of hydrogen-bond acceptors (Lipinski definition) is 1. The van der Waals surface area contributed by atoms with Crippen LogP contribution in [0.15, 0.2) is 18.2 Å². The van der Waals surface area contributed by atoms with Crippen LogP contribution in [0.1, 0.15) is 18.5 Å². The standard InChI is InChI=1S/C9H11Cl2N/c1-6(12-2)9-7(10)4-3-5-8(9)11/h3-6,12H,1-2H3. The predicted octanol–water partition coefficient (Wildman–Crippen LogP) is 3.27. The van der Waals surface area contributed by atoms with Crippen LogP contribution < -0.4 is 5.32 Å². The lowest BCUT2D eigenvalue weighted by molar-refractivity contribution is 0.653. The van der Waals surface area contributed by atoms with Gasteiger partial charge in [-0.25, -0.2) is 0 Å². The largest absolute Gasteiger partial charge is 0.313 e. The van der Waals surface area contributed by atoms with Gasteiger partial charge in [-0.15, -0.1) is 0 Å². The first-order valence-electron chi connectivity index (χ1n) is 3.78. The Morgan fingerprint density at radius 2 is 1.75 bits per heavy atom. The van der Waals surface area contributed by atoms with Gasteiger partial charge in [0.2, 0.25) is 0 Å².